The number of rotatable bonds is 11. The highest BCUT2D eigenvalue weighted by molar-refractivity contribution is 8.10. The molecule has 0 atom stereocenters. The smallest absolute Gasteiger partial charge is 0.361 e. The molecule has 0 aromatic heterocycles. The summed E-state index contributed by atoms with van der Waals surface area (Å²) in [5.74, 6) is -0.0766. The lowest BCUT2D eigenvalue weighted by molar-refractivity contribution is 0.230. The normalized spacial score (nSPS) is 12.3. The largest absolute Gasteiger partial charge is 0.495 e. The molecule has 0 N–H and O–H groups in total. The molecule has 0 aliphatic heterocycles. The summed E-state index contributed by atoms with van der Waals surface area (Å²) in [6.07, 6.45) is 0. The average molecular weight is 540 g/mol. The van der Waals surface area contributed by atoms with Gasteiger partial charge in [-0.25, -0.2) is 16.8 Å². The molecule has 0 saturated carbocycles. The van der Waals surface area contributed by atoms with Crippen molar-refractivity contribution in [3.05, 3.63) is 78.9 Å². The molecule has 0 aliphatic rings. The number of sulfonamides is 2. The van der Waals surface area contributed by atoms with Crippen LogP contribution >= 0.6 is 7.60 Å². The maximum Gasteiger partial charge on any atom is 0.361 e. The zero-order valence-corrected chi connectivity index (χ0v) is 21.9. The Balaban J connectivity index is 2.37. The molecule has 0 heterocycles. The average Bonchev–Trinajstić information content (AvgIpc) is 2.85. The molecule has 0 spiro atoms. The topological polar surface area (TPSA) is 116 Å². The van der Waals surface area contributed by atoms with E-state index in [0.717, 1.165) is 6.07 Å². The molecule has 0 bridgehead atoms. The first-order valence-corrected chi connectivity index (χ1v) is 15.0. The zero-order valence-electron chi connectivity index (χ0n) is 19.4. The van der Waals surface area contributed by atoms with Crippen molar-refractivity contribution < 1.29 is 35.2 Å². The zero-order chi connectivity index (χ0) is 25.7. The van der Waals surface area contributed by atoms with Gasteiger partial charge in [-0.2, -0.15) is 3.71 Å². The summed E-state index contributed by atoms with van der Waals surface area (Å²) in [7, 11) is -12.0. The van der Waals surface area contributed by atoms with Gasteiger partial charge in [-0.15, -0.1) is 0 Å². The molecule has 0 amide bonds. The second-order valence-corrected chi connectivity index (χ2v) is 12.9. The molecule has 0 radical (unpaired) electrons. The predicted molar refractivity (Wildman–Crippen MR) is 133 cm³/mol. The van der Waals surface area contributed by atoms with Crippen LogP contribution in [0.5, 0.6) is 5.75 Å². The third kappa shape index (κ3) is 5.44. The fourth-order valence-corrected chi connectivity index (χ4v) is 8.61. The number of ether oxygens (including phenoxy) is 1. The van der Waals surface area contributed by atoms with Crippen molar-refractivity contribution >= 4 is 38.6 Å². The predicted octanol–water partition coefficient (Wildman–Crippen LogP) is 4.17. The van der Waals surface area contributed by atoms with Crippen molar-refractivity contribution in [3.63, 3.8) is 0 Å². The van der Waals surface area contributed by atoms with Gasteiger partial charge < -0.3 is 13.8 Å². The van der Waals surface area contributed by atoms with Gasteiger partial charge in [-0.3, -0.25) is 4.57 Å². The lowest BCUT2D eigenvalue weighted by Crippen LogP contribution is -2.37. The van der Waals surface area contributed by atoms with Crippen molar-refractivity contribution in [3.8, 4) is 5.75 Å². The van der Waals surface area contributed by atoms with Crippen molar-refractivity contribution in [2.45, 2.75) is 23.6 Å². The molecular formula is C23H26NO8PS2. The second kappa shape index (κ2) is 10.9. The monoisotopic (exact) mass is 539 g/mol. The van der Waals surface area contributed by atoms with Gasteiger partial charge in [0.2, 0.25) is 0 Å². The van der Waals surface area contributed by atoms with Crippen LogP contribution in [0.4, 0.5) is 5.69 Å². The van der Waals surface area contributed by atoms with E-state index in [1.165, 1.54) is 67.8 Å². The van der Waals surface area contributed by atoms with Gasteiger partial charge in [0.1, 0.15) is 11.4 Å². The van der Waals surface area contributed by atoms with Crippen LogP contribution in [-0.2, 0) is 33.7 Å². The van der Waals surface area contributed by atoms with Gasteiger partial charge in [0.15, 0.2) is 0 Å². The number of hydrogen-bond donors (Lipinski definition) is 0. The fourth-order valence-electron chi connectivity index (χ4n) is 3.28. The van der Waals surface area contributed by atoms with Crippen molar-refractivity contribution in [2.24, 2.45) is 0 Å². The summed E-state index contributed by atoms with van der Waals surface area (Å²) >= 11 is 0. The van der Waals surface area contributed by atoms with Crippen LogP contribution in [0.3, 0.4) is 0 Å². The van der Waals surface area contributed by atoms with Crippen LogP contribution in [0.2, 0.25) is 0 Å². The second-order valence-electron chi connectivity index (χ2n) is 7.02. The first-order chi connectivity index (χ1) is 16.6. The van der Waals surface area contributed by atoms with Crippen LogP contribution in [0.15, 0.2) is 88.7 Å². The number of methoxy groups -OCH3 is 1. The van der Waals surface area contributed by atoms with E-state index < -0.39 is 27.6 Å². The Morgan fingerprint density at radius 1 is 0.743 bits per heavy atom. The summed E-state index contributed by atoms with van der Waals surface area (Å²) in [6.45, 7) is 3.35. The van der Waals surface area contributed by atoms with E-state index in [1.807, 2.05) is 0 Å². The van der Waals surface area contributed by atoms with Crippen molar-refractivity contribution in [1.29, 1.82) is 0 Å². The van der Waals surface area contributed by atoms with Crippen LogP contribution in [0.1, 0.15) is 13.8 Å². The van der Waals surface area contributed by atoms with E-state index in [0.29, 0.717) is 0 Å². The molecule has 0 fully saturated rings. The number of benzene rings is 3. The summed E-state index contributed by atoms with van der Waals surface area (Å²) < 4.78 is 85.0. The van der Waals surface area contributed by atoms with Crippen LogP contribution in [0.25, 0.3) is 0 Å². The van der Waals surface area contributed by atoms with E-state index in [2.05, 4.69) is 0 Å². The summed E-state index contributed by atoms with van der Waals surface area (Å²) in [6, 6.07) is 18.1. The summed E-state index contributed by atoms with van der Waals surface area (Å²) in [5.41, 5.74) is -0.364. The van der Waals surface area contributed by atoms with Gasteiger partial charge >= 0.3 is 7.60 Å². The Morgan fingerprint density at radius 3 is 1.60 bits per heavy atom. The highest BCUT2D eigenvalue weighted by atomic mass is 32.3. The van der Waals surface area contributed by atoms with E-state index >= 15 is 0 Å². The first kappa shape index (κ1) is 26.9. The number of hydrogen-bond acceptors (Lipinski definition) is 8. The highest BCUT2D eigenvalue weighted by Gasteiger charge is 2.40. The third-order valence-electron chi connectivity index (χ3n) is 4.79. The maximum absolute atomic E-state index is 13.8. The molecular weight excluding hydrogens is 513 g/mol. The third-order valence-corrected chi connectivity index (χ3v) is 11.1. The Labute approximate surface area is 205 Å². The minimum atomic E-state index is -4.69. The number of anilines is 1. The van der Waals surface area contributed by atoms with Gasteiger partial charge in [0, 0.05) is 0 Å². The molecule has 0 saturated heterocycles. The summed E-state index contributed by atoms with van der Waals surface area (Å²) in [5, 5.41) is -0.0199. The van der Waals surface area contributed by atoms with E-state index in [-0.39, 0.29) is 43.5 Å². The molecule has 0 aliphatic carbocycles. The van der Waals surface area contributed by atoms with E-state index in [9.17, 15) is 21.4 Å². The van der Waals surface area contributed by atoms with Crippen molar-refractivity contribution in [1.82, 2.24) is 0 Å². The first-order valence-electron chi connectivity index (χ1n) is 10.6. The lowest BCUT2D eigenvalue weighted by atomic mass is 10.3. The molecule has 188 valence electrons. The fraction of sp³-hybridized carbons (Fsp3) is 0.217. The highest BCUT2D eigenvalue weighted by Crippen LogP contribution is 2.49. The van der Waals surface area contributed by atoms with Crippen LogP contribution < -0.4 is 13.8 Å². The molecule has 3 aromatic carbocycles. The standard InChI is InChI=1S/C23H26NO8PS2/c1-4-31-33(25,32-5-2)19-16-17-23(30-3)22(18-19)24(34(26,27)20-12-8-6-9-13-20)35(28,29)21-14-10-7-11-15-21/h6-18H,4-5H2,1-3H3. The van der Waals surface area contributed by atoms with Gasteiger partial charge in [0.05, 0.1) is 35.4 Å². The Morgan fingerprint density at radius 2 is 1.20 bits per heavy atom. The molecule has 3 aromatic rings. The lowest BCUT2D eigenvalue weighted by Gasteiger charge is -2.27. The number of nitrogens with zero attached hydrogens (tertiary/aromatic N) is 1. The van der Waals surface area contributed by atoms with Gasteiger partial charge in [-0.1, -0.05) is 36.4 Å². The quantitative estimate of drug-likeness (QED) is 0.334. The summed E-state index contributed by atoms with van der Waals surface area (Å²) in [4.78, 5) is -0.519. The van der Waals surface area contributed by atoms with Crippen LogP contribution in [-0.4, -0.2) is 37.2 Å². The van der Waals surface area contributed by atoms with Crippen LogP contribution in [0, 0.1) is 0 Å². The van der Waals surface area contributed by atoms with E-state index in [1.54, 1.807) is 26.0 Å². The molecule has 9 nitrogen and oxygen atoms in total. The van der Waals surface area contributed by atoms with Gasteiger partial charge in [0.25, 0.3) is 20.0 Å². The Kier molecular flexibility index (Phi) is 8.40. The Bertz CT molecular complexity index is 1330. The maximum atomic E-state index is 13.8. The molecule has 35 heavy (non-hydrogen) atoms. The molecule has 12 heteroatoms. The van der Waals surface area contributed by atoms with Crippen molar-refractivity contribution in [2.75, 3.05) is 24.0 Å². The SMILES string of the molecule is CCOP(=O)(OCC)c1ccc(OC)c(N(S(=O)(=O)c2ccccc2)S(=O)(=O)c2ccccc2)c1. The molecule has 3 rings (SSSR count). The Hall–Kier alpha value is -2.69. The minimum Gasteiger partial charge on any atom is -0.495 e. The van der Waals surface area contributed by atoms with Gasteiger partial charge in [-0.05, 0) is 56.3 Å². The minimum absolute atomic E-state index is 0.0199. The van der Waals surface area contributed by atoms with E-state index in [4.69, 9.17) is 13.8 Å². The molecule has 0 unspecified atom stereocenters.